The first-order chi connectivity index (χ1) is 10.0. The van der Waals surface area contributed by atoms with Gasteiger partial charge in [0.2, 0.25) is 10.0 Å². The van der Waals surface area contributed by atoms with E-state index in [2.05, 4.69) is 14.7 Å². The zero-order chi connectivity index (χ0) is 14.9. The van der Waals surface area contributed by atoms with E-state index >= 15 is 0 Å². The summed E-state index contributed by atoms with van der Waals surface area (Å²) in [5.74, 6) is 0. The van der Waals surface area contributed by atoms with Crippen molar-refractivity contribution in [3.05, 3.63) is 53.2 Å². The molecule has 0 fully saturated rings. The maximum Gasteiger partial charge on any atom is 0.250 e. The van der Waals surface area contributed by atoms with Crippen molar-refractivity contribution >= 4 is 32.4 Å². The van der Waals surface area contributed by atoms with Gasteiger partial charge < -0.3 is 0 Å². The minimum Gasteiger partial charge on any atom is -0.253 e. The van der Waals surface area contributed by atoms with E-state index in [-0.39, 0.29) is 6.54 Å². The Morgan fingerprint density at radius 2 is 1.90 bits per heavy atom. The van der Waals surface area contributed by atoms with Crippen LogP contribution < -0.4 is 4.72 Å². The minimum absolute atomic E-state index is 0.122. The number of nitrogens with zero attached hydrogens (tertiary/aromatic N) is 2. The van der Waals surface area contributed by atoms with Crippen LogP contribution in [0.25, 0.3) is 11.0 Å². The highest BCUT2D eigenvalue weighted by Gasteiger charge is 2.16. The minimum atomic E-state index is -3.49. The summed E-state index contributed by atoms with van der Waals surface area (Å²) in [5.41, 5.74) is 2.13. The lowest BCUT2D eigenvalue weighted by molar-refractivity contribution is 0.582. The first-order valence-electron chi connectivity index (χ1n) is 6.31. The Balaban J connectivity index is 1.80. The number of benzene rings is 1. The van der Waals surface area contributed by atoms with Crippen LogP contribution in [0, 0.1) is 6.92 Å². The molecule has 2 heterocycles. The molecular weight excluding hydrogens is 306 g/mol. The molecule has 0 bridgehead atoms. The third-order valence-corrected chi connectivity index (χ3v) is 5.82. The predicted molar refractivity (Wildman–Crippen MR) is 82.6 cm³/mol. The molecule has 0 aliphatic heterocycles. The Kier molecular flexibility index (Phi) is 3.71. The number of aromatic nitrogens is 2. The van der Waals surface area contributed by atoms with E-state index in [4.69, 9.17) is 0 Å². The monoisotopic (exact) mass is 319 g/mol. The van der Waals surface area contributed by atoms with Crippen molar-refractivity contribution < 1.29 is 8.42 Å². The average Bonchev–Trinajstić information content (AvgIpc) is 2.92. The number of rotatable bonds is 4. The van der Waals surface area contributed by atoms with Crippen LogP contribution in [0.2, 0.25) is 0 Å². The van der Waals surface area contributed by atoms with Crippen LogP contribution in [0.3, 0.4) is 0 Å². The third kappa shape index (κ3) is 3.10. The van der Waals surface area contributed by atoms with Crippen molar-refractivity contribution in [2.24, 2.45) is 0 Å². The van der Waals surface area contributed by atoms with Crippen LogP contribution in [0.1, 0.15) is 10.6 Å². The van der Waals surface area contributed by atoms with Gasteiger partial charge in [0.25, 0.3) is 0 Å². The van der Waals surface area contributed by atoms with Crippen molar-refractivity contribution in [2.75, 3.05) is 0 Å². The third-order valence-electron chi connectivity index (χ3n) is 2.92. The number of thiophene rings is 1. The van der Waals surface area contributed by atoms with Crippen molar-refractivity contribution in [3.63, 3.8) is 0 Å². The molecule has 3 rings (SSSR count). The Morgan fingerprint density at radius 3 is 2.62 bits per heavy atom. The highest BCUT2D eigenvalue weighted by molar-refractivity contribution is 7.91. The number of fused-ring (bicyclic) bond motifs is 1. The molecule has 0 radical (unpaired) electrons. The summed E-state index contributed by atoms with van der Waals surface area (Å²) in [7, 11) is -3.49. The number of aryl methyl sites for hydroxylation is 1. The Morgan fingerprint density at radius 1 is 1.14 bits per heavy atom. The summed E-state index contributed by atoms with van der Waals surface area (Å²) in [6.45, 7) is 2.00. The van der Waals surface area contributed by atoms with Gasteiger partial charge in [-0.05, 0) is 31.2 Å². The van der Waals surface area contributed by atoms with Gasteiger partial charge in [-0.1, -0.05) is 12.1 Å². The molecule has 2 aromatic heterocycles. The van der Waals surface area contributed by atoms with Gasteiger partial charge in [0.05, 0.1) is 29.5 Å². The molecule has 1 N–H and O–H groups in total. The lowest BCUT2D eigenvalue weighted by atomic mass is 10.3. The zero-order valence-corrected chi connectivity index (χ0v) is 12.9. The van der Waals surface area contributed by atoms with Gasteiger partial charge in [0.15, 0.2) is 0 Å². The molecule has 0 spiro atoms. The zero-order valence-electron chi connectivity index (χ0n) is 11.3. The molecule has 108 valence electrons. The predicted octanol–water partition coefficient (Wildman–Crippen LogP) is 2.48. The van der Waals surface area contributed by atoms with E-state index in [0.29, 0.717) is 9.90 Å². The van der Waals surface area contributed by atoms with E-state index in [9.17, 15) is 8.42 Å². The number of sulfonamides is 1. The molecule has 0 saturated carbocycles. The van der Waals surface area contributed by atoms with Gasteiger partial charge in [-0.3, -0.25) is 4.98 Å². The quantitative estimate of drug-likeness (QED) is 0.802. The van der Waals surface area contributed by atoms with Crippen LogP contribution >= 0.6 is 11.3 Å². The summed E-state index contributed by atoms with van der Waals surface area (Å²) in [6.07, 6.45) is 1.59. The second-order valence-electron chi connectivity index (χ2n) is 4.54. The summed E-state index contributed by atoms with van der Waals surface area (Å²) >= 11 is 1.25. The standard InChI is InChI=1S/C14H13N3O2S2/c1-10-6-7-14(20-10)21(18,19)16-9-11-8-15-12-4-2-3-5-13(12)17-11/h2-8,16H,9H2,1H3. The molecule has 0 unspecified atom stereocenters. The summed E-state index contributed by atoms with van der Waals surface area (Å²) in [6, 6.07) is 10.9. The van der Waals surface area contributed by atoms with E-state index in [1.807, 2.05) is 31.2 Å². The smallest absolute Gasteiger partial charge is 0.250 e. The molecule has 21 heavy (non-hydrogen) atoms. The van der Waals surface area contributed by atoms with Gasteiger partial charge in [0, 0.05) is 4.88 Å². The summed E-state index contributed by atoms with van der Waals surface area (Å²) in [4.78, 5) is 9.61. The van der Waals surface area contributed by atoms with E-state index in [1.54, 1.807) is 18.3 Å². The molecule has 0 aliphatic rings. The fraction of sp³-hybridized carbons (Fsp3) is 0.143. The van der Waals surface area contributed by atoms with E-state index in [1.165, 1.54) is 11.3 Å². The normalized spacial score (nSPS) is 11.9. The maximum absolute atomic E-state index is 12.1. The van der Waals surface area contributed by atoms with Crippen LogP contribution in [0.15, 0.2) is 46.8 Å². The summed E-state index contributed by atoms with van der Waals surface area (Å²) < 4.78 is 27.1. The SMILES string of the molecule is Cc1ccc(S(=O)(=O)NCc2cnc3ccccc3n2)s1. The van der Waals surface area contributed by atoms with E-state index < -0.39 is 10.0 Å². The van der Waals surface area contributed by atoms with Crippen molar-refractivity contribution in [3.8, 4) is 0 Å². The fourth-order valence-electron chi connectivity index (χ4n) is 1.88. The molecule has 0 saturated heterocycles. The number of hydrogen-bond donors (Lipinski definition) is 1. The lowest BCUT2D eigenvalue weighted by Crippen LogP contribution is -2.23. The Labute approximate surface area is 126 Å². The van der Waals surface area contributed by atoms with Crippen molar-refractivity contribution in [1.82, 2.24) is 14.7 Å². The van der Waals surface area contributed by atoms with Crippen LogP contribution in [-0.4, -0.2) is 18.4 Å². The number of nitrogens with one attached hydrogen (secondary N) is 1. The molecule has 1 aromatic carbocycles. The molecule has 0 atom stereocenters. The van der Waals surface area contributed by atoms with Crippen molar-refractivity contribution in [2.45, 2.75) is 17.7 Å². The Hall–Kier alpha value is -1.83. The molecule has 7 heteroatoms. The topological polar surface area (TPSA) is 72.0 Å². The first-order valence-corrected chi connectivity index (χ1v) is 8.61. The molecule has 3 aromatic rings. The molecule has 0 aliphatic carbocycles. The fourth-order valence-corrected chi connectivity index (χ4v) is 4.20. The molecule has 5 nitrogen and oxygen atoms in total. The van der Waals surface area contributed by atoms with Gasteiger partial charge in [-0.15, -0.1) is 11.3 Å². The number of hydrogen-bond acceptors (Lipinski definition) is 5. The average molecular weight is 319 g/mol. The second kappa shape index (κ2) is 5.51. The van der Waals surface area contributed by atoms with Crippen LogP contribution in [0.5, 0.6) is 0 Å². The first kappa shape index (κ1) is 14.1. The molecular formula is C14H13N3O2S2. The highest BCUT2D eigenvalue weighted by atomic mass is 32.2. The molecule has 0 amide bonds. The highest BCUT2D eigenvalue weighted by Crippen LogP contribution is 2.20. The van der Waals surface area contributed by atoms with Gasteiger partial charge in [-0.2, -0.15) is 0 Å². The summed E-state index contributed by atoms with van der Waals surface area (Å²) in [5, 5.41) is 0. The maximum atomic E-state index is 12.1. The van der Waals surface area contributed by atoms with Gasteiger partial charge in [0.1, 0.15) is 4.21 Å². The van der Waals surface area contributed by atoms with Crippen LogP contribution in [0.4, 0.5) is 0 Å². The lowest BCUT2D eigenvalue weighted by Gasteiger charge is -2.05. The number of para-hydroxylation sites is 2. The van der Waals surface area contributed by atoms with Crippen LogP contribution in [-0.2, 0) is 16.6 Å². The largest absolute Gasteiger partial charge is 0.253 e. The van der Waals surface area contributed by atoms with Crippen molar-refractivity contribution in [1.29, 1.82) is 0 Å². The van der Waals surface area contributed by atoms with Gasteiger partial charge in [-0.25, -0.2) is 18.1 Å². The second-order valence-corrected chi connectivity index (χ2v) is 7.82. The Bertz CT molecular complexity index is 888. The van der Waals surface area contributed by atoms with Gasteiger partial charge >= 0.3 is 0 Å². The van der Waals surface area contributed by atoms with E-state index in [0.717, 1.165) is 15.9 Å².